The van der Waals surface area contributed by atoms with Crippen LogP contribution < -0.4 is 0 Å². The number of ether oxygens (including phenoxy) is 1. The van der Waals surface area contributed by atoms with Gasteiger partial charge in [0.05, 0.1) is 12.5 Å². The Labute approximate surface area is 108 Å². The standard InChI is InChI=1S/C15H19NO2/c1-11(12-5-3-2-4-6-12)16-9-13-7-8-18-15(17)14(13)10-16/h2-6,11,13-14H,7-10H2,1H3. The molecule has 1 aromatic rings. The van der Waals surface area contributed by atoms with Gasteiger partial charge >= 0.3 is 5.97 Å². The number of carbonyl (C=O) groups is 1. The molecule has 1 aromatic carbocycles. The van der Waals surface area contributed by atoms with Gasteiger partial charge in [0.25, 0.3) is 0 Å². The van der Waals surface area contributed by atoms with E-state index >= 15 is 0 Å². The first-order chi connectivity index (χ1) is 8.75. The van der Waals surface area contributed by atoms with E-state index in [2.05, 4.69) is 36.1 Å². The molecule has 2 saturated heterocycles. The minimum atomic E-state index is 0.00834. The second-order valence-electron chi connectivity index (χ2n) is 5.36. The number of carbonyl (C=O) groups excluding carboxylic acids is 1. The number of fused-ring (bicyclic) bond motifs is 1. The average molecular weight is 245 g/mol. The van der Waals surface area contributed by atoms with E-state index in [1.54, 1.807) is 0 Å². The molecule has 3 heteroatoms. The third-order valence-corrected chi connectivity index (χ3v) is 4.33. The quantitative estimate of drug-likeness (QED) is 0.748. The molecule has 0 spiro atoms. The Bertz CT molecular complexity index is 431. The van der Waals surface area contributed by atoms with Gasteiger partial charge < -0.3 is 4.74 Å². The molecule has 2 aliphatic heterocycles. The number of likely N-dealkylation sites (tertiary alicyclic amines) is 1. The number of rotatable bonds is 2. The van der Waals surface area contributed by atoms with Gasteiger partial charge in [-0.2, -0.15) is 0 Å². The lowest BCUT2D eigenvalue weighted by Gasteiger charge is -2.24. The Kier molecular flexibility index (Phi) is 3.08. The van der Waals surface area contributed by atoms with Gasteiger partial charge in [-0.15, -0.1) is 0 Å². The molecular formula is C15H19NO2. The summed E-state index contributed by atoms with van der Waals surface area (Å²) in [5.41, 5.74) is 1.32. The number of cyclic esters (lactones) is 1. The SMILES string of the molecule is CC(c1ccccc1)N1CC2CCOC(=O)C2C1. The highest BCUT2D eigenvalue weighted by molar-refractivity contribution is 5.74. The highest BCUT2D eigenvalue weighted by atomic mass is 16.5. The van der Waals surface area contributed by atoms with Crippen LogP contribution in [0.3, 0.4) is 0 Å². The Morgan fingerprint density at radius 3 is 2.78 bits per heavy atom. The van der Waals surface area contributed by atoms with E-state index < -0.39 is 0 Å². The molecule has 0 N–H and O–H groups in total. The lowest BCUT2D eigenvalue weighted by atomic mass is 9.91. The summed E-state index contributed by atoms with van der Waals surface area (Å²) in [5, 5.41) is 0. The Hall–Kier alpha value is -1.35. The molecule has 2 heterocycles. The fraction of sp³-hybridized carbons (Fsp3) is 0.533. The van der Waals surface area contributed by atoms with Gasteiger partial charge in [-0.05, 0) is 24.8 Å². The van der Waals surface area contributed by atoms with Crippen LogP contribution in [0.1, 0.15) is 24.9 Å². The zero-order valence-electron chi connectivity index (χ0n) is 10.7. The second kappa shape index (κ2) is 4.73. The predicted octanol–water partition coefficient (Wildman–Crippen LogP) is 2.24. The van der Waals surface area contributed by atoms with Crippen LogP contribution in [0.2, 0.25) is 0 Å². The predicted molar refractivity (Wildman–Crippen MR) is 69.0 cm³/mol. The summed E-state index contributed by atoms with van der Waals surface area (Å²) in [4.78, 5) is 14.1. The van der Waals surface area contributed by atoms with Gasteiger partial charge in [-0.3, -0.25) is 9.69 Å². The Morgan fingerprint density at radius 1 is 1.28 bits per heavy atom. The number of hydrogen-bond acceptors (Lipinski definition) is 3. The minimum absolute atomic E-state index is 0.00834. The first-order valence-corrected chi connectivity index (χ1v) is 6.71. The van der Waals surface area contributed by atoms with Crippen LogP contribution in [0.5, 0.6) is 0 Å². The number of esters is 1. The first-order valence-electron chi connectivity index (χ1n) is 6.71. The Balaban J connectivity index is 1.73. The minimum Gasteiger partial charge on any atom is -0.465 e. The van der Waals surface area contributed by atoms with Crippen LogP contribution in [0.4, 0.5) is 0 Å². The van der Waals surface area contributed by atoms with E-state index in [1.807, 2.05) is 6.07 Å². The van der Waals surface area contributed by atoms with E-state index in [4.69, 9.17) is 4.74 Å². The first kappa shape index (κ1) is 11.7. The van der Waals surface area contributed by atoms with Gasteiger partial charge in [-0.1, -0.05) is 30.3 Å². The summed E-state index contributed by atoms with van der Waals surface area (Å²) >= 11 is 0. The normalized spacial score (nSPS) is 29.7. The third-order valence-electron chi connectivity index (χ3n) is 4.33. The van der Waals surface area contributed by atoms with E-state index in [1.165, 1.54) is 5.56 Å². The molecule has 3 nitrogen and oxygen atoms in total. The lowest BCUT2D eigenvalue weighted by Crippen LogP contribution is -2.31. The van der Waals surface area contributed by atoms with Gasteiger partial charge in [0, 0.05) is 19.1 Å². The molecular weight excluding hydrogens is 226 g/mol. The summed E-state index contributed by atoms with van der Waals surface area (Å²) in [7, 11) is 0. The zero-order chi connectivity index (χ0) is 12.5. The molecule has 0 radical (unpaired) electrons. The molecule has 0 saturated carbocycles. The smallest absolute Gasteiger partial charge is 0.310 e. The van der Waals surface area contributed by atoms with Crippen molar-refractivity contribution in [1.82, 2.24) is 4.90 Å². The molecule has 3 unspecified atom stereocenters. The van der Waals surface area contributed by atoms with Crippen molar-refractivity contribution in [3.63, 3.8) is 0 Å². The summed E-state index contributed by atoms with van der Waals surface area (Å²) < 4.78 is 5.16. The van der Waals surface area contributed by atoms with Crippen LogP contribution >= 0.6 is 0 Å². The van der Waals surface area contributed by atoms with Gasteiger partial charge in [0.2, 0.25) is 0 Å². The molecule has 0 bridgehead atoms. The van der Waals surface area contributed by atoms with Crippen LogP contribution in [-0.4, -0.2) is 30.6 Å². The monoisotopic (exact) mass is 245 g/mol. The number of hydrogen-bond donors (Lipinski definition) is 0. The fourth-order valence-electron chi connectivity index (χ4n) is 3.14. The summed E-state index contributed by atoms with van der Waals surface area (Å²) in [6.45, 7) is 4.70. The van der Waals surface area contributed by atoms with E-state index in [9.17, 15) is 4.79 Å². The highest BCUT2D eigenvalue weighted by Crippen LogP contribution is 2.35. The highest BCUT2D eigenvalue weighted by Gasteiger charge is 2.42. The van der Waals surface area contributed by atoms with Crippen molar-refractivity contribution in [3.8, 4) is 0 Å². The summed E-state index contributed by atoms with van der Waals surface area (Å²) in [6.07, 6.45) is 1.02. The fourth-order valence-corrected chi connectivity index (χ4v) is 3.14. The van der Waals surface area contributed by atoms with Gasteiger partial charge in [0.1, 0.15) is 0 Å². The molecule has 0 amide bonds. The van der Waals surface area contributed by atoms with Crippen LogP contribution in [0.15, 0.2) is 30.3 Å². The van der Waals surface area contributed by atoms with Crippen molar-refractivity contribution in [3.05, 3.63) is 35.9 Å². The van der Waals surface area contributed by atoms with E-state index in [-0.39, 0.29) is 11.9 Å². The molecule has 0 aromatic heterocycles. The zero-order valence-corrected chi connectivity index (χ0v) is 10.7. The van der Waals surface area contributed by atoms with Crippen molar-refractivity contribution in [2.45, 2.75) is 19.4 Å². The maximum absolute atomic E-state index is 11.7. The van der Waals surface area contributed by atoms with Gasteiger partial charge in [0.15, 0.2) is 0 Å². The van der Waals surface area contributed by atoms with Crippen molar-refractivity contribution in [2.24, 2.45) is 11.8 Å². The summed E-state index contributed by atoms with van der Waals surface area (Å²) in [6, 6.07) is 10.9. The topological polar surface area (TPSA) is 29.5 Å². The molecule has 2 fully saturated rings. The van der Waals surface area contributed by atoms with Crippen molar-refractivity contribution < 1.29 is 9.53 Å². The summed E-state index contributed by atoms with van der Waals surface area (Å²) in [5.74, 6) is 0.608. The molecule has 0 aliphatic carbocycles. The maximum Gasteiger partial charge on any atom is 0.310 e. The van der Waals surface area contributed by atoms with Crippen LogP contribution in [-0.2, 0) is 9.53 Å². The molecule has 18 heavy (non-hydrogen) atoms. The number of nitrogens with zero attached hydrogens (tertiary/aromatic N) is 1. The van der Waals surface area contributed by atoms with Crippen LogP contribution in [0, 0.1) is 11.8 Å². The van der Waals surface area contributed by atoms with Gasteiger partial charge in [-0.25, -0.2) is 0 Å². The van der Waals surface area contributed by atoms with Crippen LogP contribution in [0.25, 0.3) is 0 Å². The van der Waals surface area contributed by atoms with E-state index in [0.29, 0.717) is 18.6 Å². The van der Waals surface area contributed by atoms with E-state index in [0.717, 1.165) is 19.5 Å². The molecule has 3 atom stereocenters. The largest absolute Gasteiger partial charge is 0.465 e. The van der Waals surface area contributed by atoms with Crippen molar-refractivity contribution in [2.75, 3.05) is 19.7 Å². The second-order valence-corrected chi connectivity index (χ2v) is 5.36. The molecule has 3 rings (SSSR count). The molecule has 96 valence electrons. The molecule has 2 aliphatic rings. The maximum atomic E-state index is 11.7. The van der Waals surface area contributed by atoms with Crippen molar-refractivity contribution in [1.29, 1.82) is 0 Å². The lowest BCUT2D eigenvalue weighted by molar-refractivity contribution is -0.154. The number of benzene rings is 1. The average Bonchev–Trinajstić information content (AvgIpc) is 2.84. The Morgan fingerprint density at radius 2 is 2.06 bits per heavy atom. The third kappa shape index (κ3) is 2.03. The van der Waals surface area contributed by atoms with Crippen molar-refractivity contribution >= 4 is 5.97 Å².